The maximum atomic E-state index is 12.0. The van der Waals surface area contributed by atoms with Gasteiger partial charge in [0.2, 0.25) is 0 Å². The number of hydrazone groups is 1. The first kappa shape index (κ1) is 19.5. The minimum Gasteiger partial charge on any atom is -0.376 e. The Balaban J connectivity index is 1.49. The van der Waals surface area contributed by atoms with Gasteiger partial charge >= 0.3 is 0 Å². The lowest BCUT2D eigenvalue weighted by Gasteiger charge is -2.13. The molecule has 3 aromatic carbocycles. The number of amides is 1. The van der Waals surface area contributed by atoms with Gasteiger partial charge in [-0.05, 0) is 43.5 Å². The summed E-state index contributed by atoms with van der Waals surface area (Å²) in [5, 5.41) is 9.62. The van der Waals surface area contributed by atoms with Crippen LogP contribution < -0.4 is 10.7 Å². The third-order valence-corrected chi connectivity index (χ3v) is 5.10. The molecule has 1 amide bonds. The Kier molecular flexibility index (Phi) is 5.61. The topological polar surface area (TPSA) is 58.4 Å². The van der Waals surface area contributed by atoms with Gasteiger partial charge in [-0.2, -0.15) is 5.10 Å². The van der Waals surface area contributed by atoms with E-state index in [1.165, 1.54) is 10.8 Å². The van der Waals surface area contributed by atoms with Crippen molar-refractivity contribution in [2.45, 2.75) is 13.8 Å². The van der Waals surface area contributed by atoms with E-state index in [0.29, 0.717) is 0 Å². The summed E-state index contributed by atoms with van der Waals surface area (Å²) in [6, 6.07) is 26.4. The molecule has 0 atom stereocenters. The second kappa shape index (κ2) is 8.66. The Morgan fingerprint density at radius 2 is 1.70 bits per heavy atom. The molecule has 0 aliphatic rings. The van der Waals surface area contributed by atoms with Crippen molar-refractivity contribution in [1.82, 2.24) is 9.99 Å². The largest absolute Gasteiger partial charge is 0.376 e. The molecule has 2 N–H and O–H groups in total. The number of nitrogens with one attached hydrogen (secondary N) is 2. The summed E-state index contributed by atoms with van der Waals surface area (Å²) in [5.41, 5.74) is 7.78. The number of carbonyl (C=O) groups is 1. The van der Waals surface area contributed by atoms with Gasteiger partial charge in [-0.3, -0.25) is 4.79 Å². The zero-order valence-electron chi connectivity index (χ0n) is 17.1. The SMILES string of the molecule is Cc1cc(/C=N\NC(=O)CNc2ccccc2)c(C)n1-c1cccc2ccccc12. The number of anilines is 1. The summed E-state index contributed by atoms with van der Waals surface area (Å²) in [6.07, 6.45) is 1.70. The van der Waals surface area contributed by atoms with E-state index in [9.17, 15) is 4.79 Å². The molecule has 0 bridgehead atoms. The number of hydrogen-bond acceptors (Lipinski definition) is 3. The number of aryl methyl sites for hydroxylation is 1. The molecule has 0 fully saturated rings. The molecule has 0 spiro atoms. The van der Waals surface area contributed by atoms with Crippen LogP contribution in [0.15, 0.2) is 84.0 Å². The van der Waals surface area contributed by atoms with Gasteiger partial charge in [0, 0.05) is 28.0 Å². The van der Waals surface area contributed by atoms with Crippen LogP contribution in [0.25, 0.3) is 16.5 Å². The van der Waals surface area contributed by atoms with E-state index in [2.05, 4.69) is 82.8 Å². The van der Waals surface area contributed by atoms with Crippen molar-refractivity contribution in [2.75, 3.05) is 11.9 Å². The second-order valence-corrected chi connectivity index (χ2v) is 7.17. The van der Waals surface area contributed by atoms with Crippen LogP contribution in [0.3, 0.4) is 0 Å². The minimum absolute atomic E-state index is 0.163. The number of benzene rings is 3. The van der Waals surface area contributed by atoms with E-state index in [-0.39, 0.29) is 12.5 Å². The minimum atomic E-state index is -0.196. The lowest BCUT2D eigenvalue weighted by molar-refractivity contribution is -0.119. The fourth-order valence-corrected chi connectivity index (χ4v) is 3.64. The Hall–Kier alpha value is -3.86. The molecule has 0 saturated carbocycles. The zero-order valence-corrected chi connectivity index (χ0v) is 17.1. The highest BCUT2D eigenvalue weighted by atomic mass is 16.2. The van der Waals surface area contributed by atoms with Gasteiger partial charge in [0.1, 0.15) is 0 Å². The molecular weight excluding hydrogens is 372 g/mol. The first-order chi connectivity index (χ1) is 14.6. The maximum absolute atomic E-state index is 12.0. The summed E-state index contributed by atoms with van der Waals surface area (Å²) in [4.78, 5) is 12.0. The summed E-state index contributed by atoms with van der Waals surface area (Å²) >= 11 is 0. The highest BCUT2D eigenvalue weighted by Gasteiger charge is 2.11. The number of aromatic nitrogens is 1. The molecule has 1 heterocycles. The zero-order chi connectivity index (χ0) is 20.9. The maximum Gasteiger partial charge on any atom is 0.259 e. The van der Waals surface area contributed by atoms with Gasteiger partial charge in [0.25, 0.3) is 5.91 Å². The van der Waals surface area contributed by atoms with Gasteiger partial charge in [-0.25, -0.2) is 5.43 Å². The Labute approximate surface area is 176 Å². The van der Waals surface area contributed by atoms with Crippen molar-refractivity contribution in [3.63, 3.8) is 0 Å². The van der Waals surface area contributed by atoms with Crippen LogP contribution in [0.2, 0.25) is 0 Å². The standard InChI is InChI=1S/C25H24N4O/c1-18-15-21(16-27-28-25(30)17-26-22-11-4-3-5-12-22)19(2)29(18)24-14-8-10-20-9-6-7-13-23(20)24/h3-16,26H,17H2,1-2H3,(H,28,30)/b27-16-. The van der Waals surface area contributed by atoms with Gasteiger partial charge in [-0.1, -0.05) is 54.6 Å². The summed E-state index contributed by atoms with van der Waals surface area (Å²) in [5.74, 6) is -0.196. The quantitative estimate of drug-likeness (QED) is 0.363. The molecule has 0 saturated heterocycles. The normalized spacial score (nSPS) is 11.1. The number of carbonyl (C=O) groups excluding carboxylic acids is 1. The summed E-state index contributed by atoms with van der Waals surface area (Å²) < 4.78 is 2.22. The van der Waals surface area contributed by atoms with Crippen molar-refractivity contribution in [3.8, 4) is 5.69 Å². The number of rotatable bonds is 6. The molecule has 150 valence electrons. The number of hydrogen-bond donors (Lipinski definition) is 2. The molecule has 4 aromatic rings. The van der Waals surface area contributed by atoms with Crippen molar-refractivity contribution >= 4 is 28.6 Å². The van der Waals surface area contributed by atoms with Crippen LogP contribution in [0.1, 0.15) is 17.0 Å². The molecule has 5 heteroatoms. The first-order valence-corrected chi connectivity index (χ1v) is 9.91. The second-order valence-electron chi connectivity index (χ2n) is 7.17. The van der Waals surface area contributed by atoms with Crippen molar-refractivity contribution in [1.29, 1.82) is 0 Å². The third-order valence-electron chi connectivity index (χ3n) is 5.10. The van der Waals surface area contributed by atoms with Crippen LogP contribution in [0.4, 0.5) is 5.69 Å². The van der Waals surface area contributed by atoms with Gasteiger partial charge in [0.15, 0.2) is 0 Å². The van der Waals surface area contributed by atoms with E-state index >= 15 is 0 Å². The monoisotopic (exact) mass is 396 g/mol. The van der Waals surface area contributed by atoms with E-state index in [1.807, 2.05) is 30.3 Å². The lowest BCUT2D eigenvalue weighted by atomic mass is 10.1. The van der Waals surface area contributed by atoms with Crippen LogP contribution in [0, 0.1) is 13.8 Å². The van der Waals surface area contributed by atoms with Crippen molar-refractivity contribution < 1.29 is 4.79 Å². The molecular formula is C25H24N4O. The molecule has 0 unspecified atom stereocenters. The van der Waals surface area contributed by atoms with Crippen LogP contribution in [-0.2, 0) is 4.79 Å². The van der Waals surface area contributed by atoms with Crippen molar-refractivity contribution in [3.05, 3.63) is 95.8 Å². The van der Waals surface area contributed by atoms with E-state index in [1.54, 1.807) is 6.21 Å². The van der Waals surface area contributed by atoms with Gasteiger partial charge in [-0.15, -0.1) is 0 Å². The average Bonchev–Trinajstić information content (AvgIpc) is 3.05. The predicted octanol–water partition coefficient (Wildman–Crippen LogP) is 4.81. The molecule has 4 rings (SSSR count). The molecule has 0 aliphatic heterocycles. The first-order valence-electron chi connectivity index (χ1n) is 9.91. The molecule has 1 aromatic heterocycles. The number of para-hydroxylation sites is 1. The highest BCUT2D eigenvalue weighted by molar-refractivity contribution is 5.91. The predicted molar refractivity (Wildman–Crippen MR) is 123 cm³/mol. The number of nitrogens with zero attached hydrogens (tertiary/aromatic N) is 2. The molecule has 0 radical (unpaired) electrons. The van der Waals surface area contributed by atoms with E-state index < -0.39 is 0 Å². The van der Waals surface area contributed by atoms with Crippen LogP contribution in [0.5, 0.6) is 0 Å². The highest BCUT2D eigenvalue weighted by Crippen LogP contribution is 2.26. The molecule has 0 aliphatic carbocycles. The van der Waals surface area contributed by atoms with Crippen LogP contribution in [-0.4, -0.2) is 23.2 Å². The third kappa shape index (κ3) is 4.10. The Bertz CT molecular complexity index is 1200. The summed E-state index contributed by atoms with van der Waals surface area (Å²) in [6.45, 7) is 4.31. The Morgan fingerprint density at radius 1 is 0.967 bits per heavy atom. The van der Waals surface area contributed by atoms with E-state index in [4.69, 9.17) is 0 Å². The van der Waals surface area contributed by atoms with Gasteiger partial charge < -0.3 is 9.88 Å². The van der Waals surface area contributed by atoms with E-state index in [0.717, 1.165) is 28.3 Å². The molecule has 5 nitrogen and oxygen atoms in total. The summed E-state index contributed by atoms with van der Waals surface area (Å²) in [7, 11) is 0. The van der Waals surface area contributed by atoms with Crippen LogP contribution >= 0.6 is 0 Å². The fourth-order valence-electron chi connectivity index (χ4n) is 3.64. The average molecular weight is 396 g/mol. The molecule has 30 heavy (non-hydrogen) atoms. The fraction of sp³-hybridized carbons (Fsp3) is 0.120. The number of fused-ring (bicyclic) bond motifs is 1. The lowest BCUT2D eigenvalue weighted by Crippen LogP contribution is -2.25. The smallest absolute Gasteiger partial charge is 0.259 e. The van der Waals surface area contributed by atoms with Gasteiger partial charge in [0.05, 0.1) is 18.4 Å². The Morgan fingerprint density at radius 3 is 2.53 bits per heavy atom. The van der Waals surface area contributed by atoms with Crippen molar-refractivity contribution in [2.24, 2.45) is 5.10 Å².